The van der Waals surface area contributed by atoms with Crippen LogP contribution in [-0.4, -0.2) is 53.4 Å². The number of aromatic nitrogens is 3. The third-order valence-electron chi connectivity index (χ3n) is 2.58. The minimum absolute atomic E-state index is 0.00369. The molecule has 0 bridgehead atoms. The van der Waals surface area contributed by atoms with Gasteiger partial charge in [-0.2, -0.15) is 0 Å². The van der Waals surface area contributed by atoms with E-state index in [4.69, 9.17) is 4.74 Å². The van der Waals surface area contributed by atoms with Gasteiger partial charge in [-0.05, 0) is 6.92 Å². The number of hydrogen-bond acceptors (Lipinski definition) is 5. The third-order valence-corrected chi connectivity index (χ3v) is 2.58. The summed E-state index contributed by atoms with van der Waals surface area (Å²) >= 11 is 0. The van der Waals surface area contributed by atoms with Crippen molar-refractivity contribution in [1.29, 1.82) is 0 Å². The average molecular weight is 225 g/mol. The number of carbonyl (C=O) groups is 1. The third kappa shape index (κ3) is 2.20. The number of ether oxygens (including phenoxy) is 1. The van der Waals surface area contributed by atoms with Crippen LogP contribution in [0.25, 0.3) is 0 Å². The van der Waals surface area contributed by atoms with Gasteiger partial charge in [-0.25, -0.2) is 4.98 Å². The zero-order valence-corrected chi connectivity index (χ0v) is 9.28. The molecular formula is C9H15N5O2. The van der Waals surface area contributed by atoms with Crippen LogP contribution in [0.4, 0.5) is 0 Å². The summed E-state index contributed by atoms with van der Waals surface area (Å²) in [4.78, 5) is 15.7. The van der Waals surface area contributed by atoms with E-state index < -0.39 is 0 Å². The van der Waals surface area contributed by atoms with E-state index in [0.717, 1.165) is 6.54 Å². The van der Waals surface area contributed by atoms with Gasteiger partial charge < -0.3 is 15.4 Å². The predicted octanol–water partition coefficient (Wildman–Crippen LogP) is -1.17. The summed E-state index contributed by atoms with van der Waals surface area (Å²) in [6.07, 6.45) is 0.00369. The molecule has 1 fully saturated rings. The van der Waals surface area contributed by atoms with E-state index in [2.05, 4.69) is 25.8 Å². The molecule has 1 aromatic heterocycles. The Morgan fingerprint density at radius 2 is 2.38 bits per heavy atom. The van der Waals surface area contributed by atoms with Crippen molar-refractivity contribution < 1.29 is 9.53 Å². The number of H-pyrrole nitrogens is 1. The number of carbonyl (C=O) groups excluding carboxylic acids is 1. The minimum Gasteiger partial charge on any atom is -0.378 e. The minimum atomic E-state index is -0.278. The number of aryl methyl sites for hydroxylation is 1. The molecule has 0 aliphatic carbocycles. The van der Waals surface area contributed by atoms with Crippen LogP contribution in [0.2, 0.25) is 0 Å². The number of aromatic amines is 1. The zero-order chi connectivity index (χ0) is 11.5. The Labute approximate surface area is 93.0 Å². The van der Waals surface area contributed by atoms with Gasteiger partial charge in [-0.3, -0.25) is 9.89 Å². The van der Waals surface area contributed by atoms with Crippen LogP contribution in [0.3, 0.4) is 0 Å². The highest BCUT2D eigenvalue weighted by molar-refractivity contribution is 5.90. The van der Waals surface area contributed by atoms with Crippen LogP contribution in [0.1, 0.15) is 16.4 Å². The normalized spacial score (nSPS) is 24.6. The maximum atomic E-state index is 11.7. The van der Waals surface area contributed by atoms with E-state index in [1.165, 1.54) is 0 Å². The highest BCUT2D eigenvalue weighted by Gasteiger charge is 2.29. The molecule has 7 heteroatoms. The fourth-order valence-corrected chi connectivity index (χ4v) is 1.72. The van der Waals surface area contributed by atoms with Crippen LogP contribution in [0.15, 0.2) is 0 Å². The number of methoxy groups -OCH3 is 1. The summed E-state index contributed by atoms with van der Waals surface area (Å²) in [6, 6.07) is -0.0312. The van der Waals surface area contributed by atoms with Gasteiger partial charge in [-0.1, -0.05) is 0 Å². The summed E-state index contributed by atoms with van der Waals surface area (Å²) in [7, 11) is 1.63. The molecular weight excluding hydrogens is 210 g/mol. The van der Waals surface area contributed by atoms with E-state index in [-0.39, 0.29) is 23.9 Å². The summed E-state index contributed by atoms with van der Waals surface area (Å²) in [5.41, 5.74) is 0. The highest BCUT2D eigenvalue weighted by Crippen LogP contribution is 2.04. The number of rotatable bonds is 3. The van der Waals surface area contributed by atoms with Gasteiger partial charge in [0.25, 0.3) is 5.91 Å². The van der Waals surface area contributed by atoms with Gasteiger partial charge in [-0.15, -0.1) is 5.10 Å². The number of nitrogens with one attached hydrogen (secondary N) is 3. The fourth-order valence-electron chi connectivity index (χ4n) is 1.72. The lowest BCUT2D eigenvalue weighted by Crippen LogP contribution is -2.43. The predicted molar refractivity (Wildman–Crippen MR) is 56.0 cm³/mol. The van der Waals surface area contributed by atoms with Crippen LogP contribution in [0.5, 0.6) is 0 Å². The van der Waals surface area contributed by atoms with Gasteiger partial charge in [0.05, 0.1) is 12.1 Å². The molecule has 2 rings (SSSR count). The van der Waals surface area contributed by atoms with Crippen LogP contribution in [0, 0.1) is 6.92 Å². The highest BCUT2D eigenvalue weighted by atomic mass is 16.5. The van der Waals surface area contributed by atoms with Gasteiger partial charge in [0.2, 0.25) is 5.82 Å². The Bertz CT molecular complexity index is 378. The molecule has 1 amide bonds. The quantitative estimate of drug-likeness (QED) is 0.603. The molecule has 1 aromatic rings. The molecule has 0 spiro atoms. The second-order valence-corrected chi connectivity index (χ2v) is 3.76. The monoisotopic (exact) mass is 225 g/mol. The first-order chi connectivity index (χ1) is 7.70. The first kappa shape index (κ1) is 11.0. The first-order valence-corrected chi connectivity index (χ1v) is 5.14. The van der Waals surface area contributed by atoms with Gasteiger partial charge >= 0.3 is 0 Å². The van der Waals surface area contributed by atoms with Crippen molar-refractivity contribution in [3.05, 3.63) is 11.6 Å². The van der Waals surface area contributed by atoms with Crippen molar-refractivity contribution in [2.75, 3.05) is 20.2 Å². The molecule has 2 heterocycles. The molecule has 2 atom stereocenters. The molecule has 0 aromatic carbocycles. The van der Waals surface area contributed by atoms with Crippen molar-refractivity contribution >= 4 is 5.91 Å². The van der Waals surface area contributed by atoms with Gasteiger partial charge in [0, 0.05) is 20.2 Å². The molecule has 1 saturated heterocycles. The number of nitrogens with zero attached hydrogens (tertiary/aromatic N) is 2. The molecule has 7 nitrogen and oxygen atoms in total. The number of amides is 1. The van der Waals surface area contributed by atoms with Crippen LogP contribution in [-0.2, 0) is 4.74 Å². The van der Waals surface area contributed by atoms with Gasteiger partial charge in [0.1, 0.15) is 5.82 Å². The van der Waals surface area contributed by atoms with Crippen molar-refractivity contribution in [3.8, 4) is 0 Å². The molecule has 0 saturated carbocycles. The summed E-state index contributed by atoms with van der Waals surface area (Å²) in [6.45, 7) is 3.20. The Kier molecular flexibility index (Phi) is 3.16. The summed E-state index contributed by atoms with van der Waals surface area (Å²) in [5.74, 6) is 0.511. The molecule has 0 radical (unpaired) electrons. The molecule has 1 aliphatic heterocycles. The Morgan fingerprint density at radius 1 is 1.56 bits per heavy atom. The second kappa shape index (κ2) is 4.58. The first-order valence-electron chi connectivity index (χ1n) is 5.14. The van der Waals surface area contributed by atoms with E-state index >= 15 is 0 Å². The topological polar surface area (TPSA) is 91.9 Å². The lowest BCUT2D eigenvalue weighted by molar-refractivity contribution is 0.0772. The zero-order valence-electron chi connectivity index (χ0n) is 9.28. The molecule has 1 unspecified atom stereocenters. The van der Waals surface area contributed by atoms with E-state index in [1.807, 2.05) is 0 Å². The van der Waals surface area contributed by atoms with E-state index in [1.54, 1.807) is 14.0 Å². The van der Waals surface area contributed by atoms with Crippen molar-refractivity contribution in [1.82, 2.24) is 25.8 Å². The molecule has 16 heavy (non-hydrogen) atoms. The standard InChI is InChI=1S/C9H15N5O2/c1-5-11-8(14-13-5)9(15)12-6-3-10-4-7(6)16-2/h6-7,10H,3-4H2,1-2H3,(H,12,15)(H,11,13,14)/t6?,7-/m0/s1. The SMILES string of the molecule is CO[C@H]1CNCC1NC(=O)c1n[nH]c(C)n1. The average Bonchev–Trinajstić information content (AvgIpc) is 2.86. The van der Waals surface area contributed by atoms with Crippen LogP contribution >= 0.6 is 0 Å². The maximum Gasteiger partial charge on any atom is 0.291 e. The maximum absolute atomic E-state index is 11.7. The molecule has 1 aliphatic rings. The lowest BCUT2D eigenvalue weighted by atomic mass is 10.2. The molecule has 88 valence electrons. The number of hydrogen-bond donors (Lipinski definition) is 3. The van der Waals surface area contributed by atoms with Crippen LogP contribution < -0.4 is 10.6 Å². The van der Waals surface area contributed by atoms with Crippen molar-refractivity contribution in [2.24, 2.45) is 0 Å². The largest absolute Gasteiger partial charge is 0.378 e. The Morgan fingerprint density at radius 3 is 3.00 bits per heavy atom. The lowest BCUT2D eigenvalue weighted by Gasteiger charge is -2.17. The molecule has 3 N–H and O–H groups in total. The van der Waals surface area contributed by atoms with E-state index in [0.29, 0.717) is 12.4 Å². The van der Waals surface area contributed by atoms with Crippen molar-refractivity contribution in [2.45, 2.75) is 19.1 Å². The van der Waals surface area contributed by atoms with Gasteiger partial charge in [0.15, 0.2) is 0 Å². The summed E-state index contributed by atoms with van der Waals surface area (Å²) < 4.78 is 5.24. The Balaban J connectivity index is 1.97. The van der Waals surface area contributed by atoms with E-state index in [9.17, 15) is 4.79 Å². The Hall–Kier alpha value is -1.47. The van der Waals surface area contributed by atoms with Crippen molar-refractivity contribution in [3.63, 3.8) is 0 Å². The summed E-state index contributed by atoms with van der Waals surface area (Å²) in [5, 5.41) is 12.4. The second-order valence-electron chi connectivity index (χ2n) is 3.76. The fraction of sp³-hybridized carbons (Fsp3) is 0.667. The smallest absolute Gasteiger partial charge is 0.291 e.